The van der Waals surface area contributed by atoms with Gasteiger partial charge in [-0.3, -0.25) is 0 Å². The SMILES string of the molecule is Cc1ccccc1C(=O)OCc1cc(=O)oc2cc(C)c(C(C)C)cc12. The molecule has 2 aromatic carbocycles. The van der Waals surface area contributed by atoms with Gasteiger partial charge < -0.3 is 9.15 Å². The summed E-state index contributed by atoms with van der Waals surface area (Å²) in [6.45, 7) is 8.12. The van der Waals surface area contributed by atoms with Crippen molar-refractivity contribution in [3.63, 3.8) is 0 Å². The van der Waals surface area contributed by atoms with Crippen LogP contribution in [-0.2, 0) is 11.3 Å². The second kappa shape index (κ2) is 7.16. The molecule has 1 aromatic heterocycles. The van der Waals surface area contributed by atoms with Crippen molar-refractivity contribution in [3.05, 3.63) is 80.7 Å². The van der Waals surface area contributed by atoms with Crippen LogP contribution in [0.4, 0.5) is 0 Å². The van der Waals surface area contributed by atoms with Crippen molar-refractivity contribution in [2.24, 2.45) is 0 Å². The Morgan fingerprint density at radius 1 is 1.08 bits per heavy atom. The maximum atomic E-state index is 12.4. The second-order valence-electron chi connectivity index (χ2n) is 6.84. The van der Waals surface area contributed by atoms with Gasteiger partial charge in [-0.1, -0.05) is 32.0 Å². The van der Waals surface area contributed by atoms with Crippen LogP contribution < -0.4 is 5.63 Å². The number of hydrogen-bond donors (Lipinski definition) is 0. The number of hydrogen-bond acceptors (Lipinski definition) is 4. The Morgan fingerprint density at radius 2 is 1.81 bits per heavy atom. The second-order valence-corrected chi connectivity index (χ2v) is 6.84. The van der Waals surface area contributed by atoms with Gasteiger partial charge in [-0.05, 0) is 54.7 Å². The van der Waals surface area contributed by atoms with Gasteiger partial charge in [0.05, 0.1) is 5.56 Å². The third-order valence-corrected chi connectivity index (χ3v) is 4.56. The van der Waals surface area contributed by atoms with E-state index >= 15 is 0 Å². The van der Waals surface area contributed by atoms with E-state index in [0.29, 0.717) is 22.6 Å². The number of carbonyl (C=O) groups is 1. The quantitative estimate of drug-likeness (QED) is 0.496. The third-order valence-electron chi connectivity index (χ3n) is 4.56. The molecule has 134 valence electrons. The van der Waals surface area contributed by atoms with Crippen molar-refractivity contribution in [2.75, 3.05) is 0 Å². The Bertz CT molecular complexity index is 1030. The lowest BCUT2D eigenvalue weighted by atomic mass is 9.95. The van der Waals surface area contributed by atoms with Crippen molar-refractivity contribution in [3.8, 4) is 0 Å². The van der Waals surface area contributed by atoms with Crippen LogP contribution in [0.2, 0.25) is 0 Å². The summed E-state index contributed by atoms with van der Waals surface area (Å²) in [5.41, 5.74) is 4.35. The van der Waals surface area contributed by atoms with Gasteiger partial charge in [0.1, 0.15) is 12.2 Å². The molecular weight excluding hydrogens is 328 g/mol. The van der Waals surface area contributed by atoms with Gasteiger partial charge in [0.2, 0.25) is 0 Å². The standard InChI is InChI=1S/C22H22O4/c1-13(2)18-11-19-16(10-21(23)26-20(19)9-15(18)4)12-25-22(24)17-8-6-5-7-14(17)3/h5-11,13H,12H2,1-4H3. The smallest absolute Gasteiger partial charge is 0.338 e. The number of carbonyl (C=O) groups excluding carboxylic acids is 1. The number of esters is 1. The van der Waals surface area contributed by atoms with Gasteiger partial charge in [-0.15, -0.1) is 0 Å². The molecule has 0 aliphatic heterocycles. The minimum Gasteiger partial charge on any atom is -0.457 e. The fourth-order valence-electron chi connectivity index (χ4n) is 3.16. The number of aryl methyl sites for hydroxylation is 2. The maximum absolute atomic E-state index is 12.4. The van der Waals surface area contributed by atoms with E-state index in [0.717, 1.165) is 16.5 Å². The zero-order valence-corrected chi connectivity index (χ0v) is 15.5. The zero-order chi connectivity index (χ0) is 18.8. The van der Waals surface area contributed by atoms with E-state index in [-0.39, 0.29) is 6.61 Å². The van der Waals surface area contributed by atoms with E-state index in [1.807, 2.05) is 38.1 Å². The third kappa shape index (κ3) is 3.54. The summed E-state index contributed by atoms with van der Waals surface area (Å²) in [4.78, 5) is 24.3. The molecule has 0 saturated heterocycles. The van der Waals surface area contributed by atoms with E-state index in [9.17, 15) is 9.59 Å². The van der Waals surface area contributed by atoms with Crippen LogP contribution in [0.1, 0.15) is 52.4 Å². The predicted molar refractivity (Wildman–Crippen MR) is 102 cm³/mol. The predicted octanol–water partition coefficient (Wildman–Crippen LogP) is 4.89. The molecule has 0 fully saturated rings. The largest absolute Gasteiger partial charge is 0.457 e. The van der Waals surface area contributed by atoms with Crippen LogP contribution >= 0.6 is 0 Å². The topological polar surface area (TPSA) is 56.5 Å². The molecule has 0 N–H and O–H groups in total. The highest BCUT2D eigenvalue weighted by molar-refractivity contribution is 5.91. The molecule has 4 heteroatoms. The van der Waals surface area contributed by atoms with E-state index in [1.165, 1.54) is 11.6 Å². The molecule has 1 heterocycles. The average Bonchev–Trinajstić information content (AvgIpc) is 2.58. The summed E-state index contributed by atoms with van der Waals surface area (Å²) >= 11 is 0. The summed E-state index contributed by atoms with van der Waals surface area (Å²) in [6, 6.07) is 12.6. The number of ether oxygens (including phenoxy) is 1. The van der Waals surface area contributed by atoms with Crippen LogP contribution in [0.5, 0.6) is 0 Å². The minimum atomic E-state index is -0.448. The molecule has 0 atom stereocenters. The number of rotatable bonds is 4. The molecule has 3 rings (SSSR count). The summed E-state index contributed by atoms with van der Waals surface area (Å²) in [7, 11) is 0. The summed E-state index contributed by atoms with van der Waals surface area (Å²) < 4.78 is 10.8. The Labute approximate surface area is 152 Å². The van der Waals surface area contributed by atoms with Crippen molar-refractivity contribution in [1.29, 1.82) is 0 Å². The van der Waals surface area contributed by atoms with E-state index in [4.69, 9.17) is 9.15 Å². The van der Waals surface area contributed by atoms with Gasteiger partial charge in [-0.2, -0.15) is 0 Å². The van der Waals surface area contributed by atoms with Crippen molar-refractivity contribution in [1.82, 2.24) is 0 Å². The summed E-state index contributed by atoms with van der Waals surface area (Å²) in [5, 5.41) is 0.802. The molecule has 0 spiro atoms. The normalized spacial score (nSPS) is 11.1. The summed E-state index contributed by atoms with van der Waals surface area (Å²) in [5.74, 6) is -0.0608. The Hall–Kier alpha value is -2.88. The first-order chi connectivity index (χ1) is 12.4. The van der Waals surface area contributed by atoms with Gasteiger partial charge in [-0.25, -0.2) is 9.59 Å². The lowest BCUT2D eigenvalue weighted by Gasteiger charge is -2.13. The van der Waals surface area contributed by atoms with Gasteiger partial charge >= 0.3 is 11.6 Å². The Balaban J connectivity index is 1.97. The van der Waals surface area contributed by atoms with Crippen molar-refractivity contribution < 1.29 is 13.9 Å². The van der Waals surface area contributed by atoms with Crippen LogP contribution in [0.25, 0.3) is 11.0 Å². The van der Waals surface area contributed by atoms with E-state index in [1.54, 1.807) is 12.1 Å². The Kier molecular flexibility index (Phi) is 4.94. The van der Waals surface area contributed by atoms with Gasteiger partial charge in [0.15, 0.2) is 0 Å². The van der Waals surface area contributed by atoms with Crippen molar-refractivity contribution in [2.45, 2.75) is 40.2 Å². The molecule has 26 heavy (non-hydrogen) atoms. The molecule has 0 aliphatic carbocycles. The zero-order valence-electron chi connectivity index (χ0n) is 15.5. The molecule has 0 bridgehead atoms. The molecule has 4 nitrogen and oxygen atoms in total. The molecule has 3 aromatic rings. The minimum absolute atomic E-state index is 0.0237. The lowest BCUT2D eigenvalue weighted by Crippen LogP contribution is -2.09. The first kappa shape index (κ1) is 17.9. The first-order valence-corrected chi connectivity index (χ1v) is 8.67. The van der Waals surface area contributed by atoms with Crippen LogP contribution in [0.15, 0.2) is 51.7 Å². The van der Waals surface area contributed by atoms with Crippen LogP contribution in [0, 0.1) is 13.8 Å². The highest BCUT2D eigenvalue weighted by Gasteiger charge is 2.14. The van der Waals surface area contributed by atoms with Crippen LogP contribution in [-0.4, -0.2) is 5.97 Å². The number of benzene rings is 2. The molecule has 0 amide bonds. The fourth-order valence-corrected chi connectivity index (χ4v) is 3.16. The van der Waals surface area contributed by atoms with E-state index in [2.05, 4.69) is 13.8 Å². The van der Waals surface area contributed by atoms with Crippen molar-refractivity contribution >= 4 is 16.9 Å². The number of fused-ring (bicyclic) bond motifs is 1. The van der Waals surface area contributed by atoms with E-state index < -0.39 is 11.6 Å². The Morgan fingerprint density at radius 3 is 2.50 bits per heavy atom. The highest BCUT2D eigenvalue weighted by Crippen LogP contribution is 2.27. The average molecular weight is 350 g/mol. The summed E-state index contributed by atoms with van der Waals surface area (Å²) in [6.07, 6.45) is 0. The highest BCUT2D eigenvalue weighted by atomic mass is 16.5. The van der Waals surface area contributed by atoms with Gasteiger partial charge in [0, 0.05) is 17.0 Å². The molecule has 0 saturated carbocycles. The lowest BCUT2D eigenvalue weighted by molar-refractivity contribution is 0.0473. The molecule has 0 unspecified atom stereocenters. The van der Waals surface area contributed by atoms with Gasteiger partial charge in [0.25, 0.3) is 0 Å². The molecule has 0 aliphatic rings. The monoisotopic (exact) mass is 350 g/mol. The first-order valence-electron chi connectivity index (χ1n) is 8.67. The van der Waals surface area contributed by atoms with Crippen LogP contribution in [0.3, 0.4) is 0 Å². The molecule has 0 radical (unpaired) electrons. The molecular formula is C22H22O4. The fraction of sp³-hybridized carbons (Fsp3) is 0.273. The maximum Gasteiger partial charge on any atom is 0.338 e.